The van der Waals surface area contributed by atoms with Crippen LogP contribution in [0.15, 0.2) is 30.3 Å². The Hall–Kier alpha value is -2.21. The highest BCUT2D eigenvalue weighted by atomic mass is 14.9. The van der Waals surface area contributed by atoms with E-state index >= 15 is 0 Å². The number of benzene rings is 1. The third-order valence-corrected chi connectivity index (χ3v) is 2.61. The summed E-state index contributed by atoms with van der Waals surface area (Å²) < 4.78 is 0. The molecule has 3 nitrogen and oxygen atoms in total. The molecule has 1 aromatic carbocycles. The number of rotatable bonds is 2. The van der Waals surface area contributed by atoms with E-state index in [1.165, 1.54) is 5.56 Å². The SMILES string of the molecule is CCc1ccc(-c2cc(C)nc(C#N)n2)cc1. The molecule has 0 amide bonds. The monoisotopic (exact) mass is 223 g/mol. The maximum atomic E-state index is 8.84. The maximum Gasteiger partial charge on any atom is 0.232 e. The van der Waals surface area contributed by atoms with Crippen molar-refractivity contribution < 1.29 is 0 Å². The van der Waals surface area contributed by atoms with Crippen LogP contribution in [0.2, 0.25) is 0 Å². The number of hydrogen-bond acceptors (Lipinski definition) is 3. The van der Waals surface area contributed by atoms with Crippen LogP contribution in [-0.4, -0.2) is 9.97 Å². The quantitative estimate of drug-likeness (QED) is 0.786. The van der Waals surface area contributed by atoms with Gasteiger partial charge in [0, 0.05) is 11.3 Å². The number of hydrogen-bond donors (Lipinski definition) is 0. The molecule has 0 bridgehead atoms. The second kappa shape index (κ2) is 4.75. The predicted molar refractivity (Wildman–Crippen MR) is 66.3 cm³/mol. The average Bonchev–Trinajstić information content (AvgIpc) is 2.38. The zero-order valence-electron chi connectivity index (χ0n) is 9.94. The van der Waals surface area contributed by atoms with E-state index in [9.17, 15) is 0 Å². The van der Waals surface area contributed by atoms with Crippen molar-refractivity contribution >= 4 is 0 Å². The molecule has 0 fully saturated rings. The highest BCUT2D eigenvalue weighted by Crippen LogP contribution is 2.18. The van der Waals surface area contributed by atoms with Crippen LogP contribution in [0.1, 0.15) is 24.0 Å². The van der Waals surface area contributed by atoms with E-state index in [4.69, 9.17) is 5.26 Å². The van der Waals surface area contributed by atoms with E-state index in [2.05, 4.69) is 29.0 Å². The lowest BCUT2D eigenvalue weighted by Crippen LogP contribution is -1.95. The van der Waals surface area contributed by atoms with E-state index in [0.717, 1.165) is 23.4 Å². The van der Waals surface area contributed by atoms with Crippen molar-refractivity contribution in [1.82, 2.24) is 9.97 Å². The Morgan fingerprint density at radius 2 is 1.88 bits per heavy atom. The van der Waals surface area contributed by atoms with Crippen LogP contribution < -0.4 is 0 Å². The minimum atomic E-state index is 0.222. The van der Waals surface area contributed by atoms with Crippen molar-refractivity contribution in [3.63, 3.8) is 0 Å². The van der Waals surface area contributed by atoms with Gasteiger partial charge in [0.2, 0.25) is 5.82 Å². The van der Waals surface area contributed by atoms with Crippen molar-refractivity contribution in [2.24, 2.45) is 0 Å². The highest BCUT2D eigenvalue weighted by Gasteiger charge is 2.03. The maximum absolute atomic E-state index is 8.84. The summed E-state index contributed by atoms with van der Waals surface area (Å²) in [7, 11) is 0. The highest BCUT2D eigenvalue weighted by molar-refractivity contribution is 5.60. The summed E-state index contributed by atoms with van der Waals surface area (Å²) in [6.07, 6.45) is 1.02. The van der Waals surface area contributed by atoms with Crippen LogP contribution in [0.4, 0.5) is 0 Å². The summed E-state index contributed by atoms with van der Waals surface area (Å²) in [5.41, 5.74) is 3.92. The normalized spacial score (nSPS) is 9.94. The van der Waals surface area contributed by atoms with E-state index < -0.39 is 0 Å². The summed E-state index contributed by atoms with van der Waals surface area (Å²) in [5.74, 6) is 0.222. The summed E-state index contributed by atoms with van der Waals surface area (Å²) in [4.78, 5) is 8.24. The lowest BCUT2D eigenvalue weighted by molar-refractivity contribution is 1.06. The lowest BCUT2D eigenvalue weighted by Gasteiger charge is -2.03. The molecule has 3 heteroatoms. The Labute approximate surface area is 101 Å². The first-order valence-corrected chi connectivity index (χ1v) is 5.58. The molecule has 0 unspecified atom stereocenters. The first kappa shape index (κ1) is 11.3. The zero-order chi connectivity index (χ0) is 12.3. The third kappa shape index (κ3) is 2.48. The lowest BCUT2D eigenvalue weighted by atomic mass is 10.1. The smallest absolute Gasteiger partial charge is 0.224 e. The van der Waals surface area contributed by atoms with Crippen LogP contribution in [-0.2, 0) is 6.42 Å². The van der Waals surface area contributed by atoms with Crippen molar-refractivity contribution in [3.05, 3.63) is 47.4 Å². The fourth-order valence-corrected chi connectivity index (χ4v) is 1.68. The fraction of sp³-hybridized carbons (Fsp3) is 0.214. The van der Waals surface area contributed by atoms with Gasteiger partial charge in [-0.2, -0.15) is 5.26 Å². The van der Waals surface area contributed by atoms with Crippen LogP contribution >= 0.6 is 0 Å². The Kier molecular flexibility index (Phi) is 3.15. The molecule has 2 rings (SSSR count). The minimum absolute atomic E-state index is 0.222. The van der Waals surface area contributed by atoms with Gasteiger partial charge in [0.1, 0.15) is 6.07 Å². The van der Waals surface area contributed by atoms with Crippen molar-refractivity contribution in [2.75, 3.05) is 0 Å². The molecule has 0 aliphatic rings. The van der Waals surface area contributed by atoms with Gasteiger partial charge in [-0.3, -0.25) is 0 Å². The fourth-order valence-electron chi connectivity index (χ4n) is 1.68. The summed E-state index contributed by atoms with van der Waals surface area (Å²) in [5, 5.41) is 8.84. The van der Waals surface area contributed by atoms with Crippen LogP contribution in [0.5, 0.6) is 0 Å². The molecule has 84 valence electrons. The molecule has 0 aliphatic carbocycles. The first-order valence-electron chi connectivity index (χ1n) is 5.58. The Balaban J connectivity index is 2.45. The molecule has 1 heterocycles. The van der Waals surface area contributed by atoms with E-state index in [1.807, 2.05) is 31.2 Å². The predicted octanol–water partition coefficient (Wildman–Crippen LogP) is 2.89. The summed E-state index contributed by atoms with van der Waals surface area (Å²) in [6.45, 7) is 3.99. The van der Waals surface area contributed by atoms with Crippen LogP contribution in [0.25, 0.3) is 11.3 Å². The first-order chi connectivity index (χ1) is 8.22. The van der Waals surface area contributed by atoms with Gasteiger partial charge in [-0.1, -0.05) is 31.2 Å². The number of nitriles is 1. The van der Waals surface area contributed by atoms with Crippen molar-refractivity contribution in [2.45, 2.75) is 20.3 Å². The molecule has 0 spiro atoms. The molecule has 2 aromatic rings. The molecule has 0 N–H and O–H groups in total. The van der Waals surface area contributed by atoms with Gasteiger partial charge in [0.25, 0.3) is 0 Å². The van der Waals surface area contributed by atoms with Crippen LogP contribution in [0.3, 0.4) is 0 Å². The Morgan fingerprint density at radius 1 is 1.18 bits per heavy atom. The second-order valence-corrected chi connectivity index (χ2v) is 3.88. The van der Waals surface area contributed by atoms with Crippen molar-refractivity contribution in [1.29, 1.82) is 5.26 Å². The molecule has 0 radical (unpaired) electrons. The molecule has 17 heavy (non-hydrogen) atoms. The average molecular weight is 223 g/mol. The van der Waals surface area contributed by atoms with Gasteiger partial charge in [-0.05, 0) is 25.0 Å². The van der Waals surface area contributed by atoms with E-state index in [0.29, 0.717) is 0 Å². The summed E-state index contributed by atoms with van der Waals surface area (Å²) in [6, 6.07) is 12.1. The topological polar surface area (TPSA) is 49.6 Å². The van der Waals surface area contributed by atoms with Gasteiger partial charge in [-0.15, -0.1) is 0 Å². The molecule has 1 aromatic heterocycles. The Bertz CT molecular complexity index is 565. The molecular weight excluding hydrogens is 210 g/mol. The van der Waals surface area contributed by atoms with Gasteiger partial charge >= 0.3 is 0 Å². The van der Waals surface area contributed by atoms with Gasteiger partial charge in [0.05, 0.1) is 5.69 Å². The third-order valence-electron chi connectivity index (χ3n) is 2.61. The molecule has 0 aliphatic heterocycles. The molecule has 0 saturated carbocycles. The Morgan fingerprint density at radius 3 is 2.47 bits per heavy atom. The van der Waals surface area contributed by atoms with E-state index in [-0.39, 0.29) is 5.82 Å². The van der Waals surface area contributed by atoms with Gasteiger partial charge in [-0.25, -0.2) is 9.97 Å². The number of aryl methyl sites for hydroxylation is 2. The number of aromatic nitrogens is 2. The molecular formula is C14H13N3. The molecule has 0 atom stereocenters. The standard InChI is InChI=1S/C14H13N3/c1-3-11-4-6-12(7-5-11)13-8-10(2)16-14(9-15)17-13/h4-8H,3H2,1-2H3. The van der Waals surface area contributed by atoms with Crippen LogP contribution in [0, 0.1) is 18.3 Å². The number of nitrogens with zero attached hydrogens (tertiary/aromatic N) is 3. The van der Waals surface area contributed by atoms with Gasteiger partial charge in [0.15, 0.2) is 0 Å². The van der Waals surface area contributed by atoms with Gasteiger partial charge < -0.3 is 0 Å². The zero-order valence-corrected chi connectivity index (χ0v) is 9.94. The van der Waals surface area contributed by atoms with E-state index in [1.54, 1.807) is 0 Å². The second-order valence-electron chi connectivity index (χ2n) is 3.88. The minimum Gasteiger partial charge on any atom is -0.224 e. The largest absolute Gasteiger partial charge is 0.232 e. The summed E-state index contributed by atoms with van der Waals surface area (Å²) >= 11 is 0. The van der Waals surface area contributed by atoms with Crippen molar-refractivity contribution in [3.8, 4) is 17.3 Å². The molecule has 0 saturated heterocycles.